The predicted molar refractivity (Wildman–Crippen MR) is 82.4 cm³/mol. The van der Waals surface area contributed by atoms with E-state index in [0.29, 0.717) is 30.2 Å². The molecule has 21 heavy (non-hydrogen) atoms. The molecule has 0 radical (unpaired) electrons. The van der Waals surface area contributed by atoms with Crippen LogP contribution in [0.2, 0.25) is 0 Å². The number of rotatable bonds is 4. The lowest BCUT2D eigenvalue weighted by molar-refractivity contribution is -0.118. The van der Waals surface area contributed by atoms with Crippen LogP contribution in [0.4, 0.5) is 5.69 Å². The number of hydrogen-bond acceptors (Lipinski definition) is 4. The molecule has 2 unspecified atom stereocenters. The molecule has 1 aromatic carbocycles. The molecule has 1 amide bonds. The number of hydrogen-bond donors (Lipinski definition) is 2. The fourth-order valence-corrected chi connectivity index (χ4v) is 2.44. The Balaban J connectivity index is 2.41. The highest BCUT2D eigenvalue weighted by molar-refractivity contribution is 5.95. The van der Waals surface area contributed by atoms with E-state index in [9.17, 15) is 9.90 Å². The Labute approximate surface area is 125 Å². The van der Waals surface area contributed by atoms with E-state index >= 15 is 0 Å². The van der Waals surface area contributed by atoms with Crippen LogP contribution in [-0.2, 0) is 4.79 Å². The van der Waals surface area contributed by atoms with Crippen LogP contribution in [0.1, 0.15) is 38.9 Å². The molecular formula is C16H24N2O3. The van der Waals surface area contributed by atoms with Gasteiger partial charge in [-0.1, -0.05) is 26.8 Å². The van der Waals surface area contributed by atoms with E-state index in [0.717, 1.165) is 5.69 Å². The monoisotopic (exact) mass is 292 g/mol. The predicted octanol–water partition coefficient (Wildman–Crippen LogP) is 1.84. The van der Waals surface area contributed by atoms with Crippen LogP contribution < -0.4 is 15.4 Å². The minimum Gasteiger partial charge on any atom is -0.486 e. The van der Waals surface area contributed by atoms with Gasteiger partial charge in [0.15, 0.2) is 0 Å². The second-order valence-electron chi connectivity index (χ2n) is 5.74. The van der Waals surface area contributed by atoms with Crippen molar-refractivity contribution >= 4 is 11.6 Å². The highest BCUT2D eigenvalue weighted by atomic mass is 16.5. The number of nitrogens with zero attached hydrogens (tertiary/aromatic N) is 1. The Morgan fingerprint density at radius 3 is 2.81 bits per heavy atom. The largest absolute Gasteiger partial charge is 0.486 e. The van der Waals surface area contributed by atoms with Crippen molar-refractivity contribution in [1.29, 1.82) is 0 Å². The van der Waals surface area contributed by atoms with Gasteiger partial charge in [-0.3, -0.25) is 4.79 Å². The average Bonchev–Trinajstić information content (AvgIpc) is 2.51. The number of carbonyl (C=O) groups is 1. The van der Waals surface area contributed by atoms with Crippen LogP contribution in [-0.4, -0.2) is 30.2 Å². The average molecular weight is 292 g/mol. The maximum atomic E-state index is 12.2. The second kappa shape index (κ2) is 6.45. The van der Waals surface area contributed by atoms with Crippen molar-refractivity contribution in [2.75, 3.05) is 18.0 Å². The zero-order valence-electron chi connectivity index (χ0n) is 12.9. The molecule has 0 aliphatic carbocycles. The quantitative estimate of drug-likeness (QED) is 0.888. The summed E-state index contributed by atoms with van der Waals surface area (Å²) in [6.07, 6.45) is -0.302. The Kier molecular flexibility index (Phi) is 4.85. The van der Waals surface area contributed by atoms with Crippen molar-refractivity contribution < 1.29 is 14.6 Å². The van der Waals surface area contributed by atoms with E-state index in [4.69, 9.17) is 10.5 Å². The summed E-state index contributed by atoms with van der Waals surface area (Å²) in [5.41, 5.74) is 6.93. The van der Waals surface area contributed by atoms with Gasteiger partial charge in [-0.15, -0.1) is 0 Å². The van der Waals surface area contributed by atoms with E-state index < -0.39 is 6.10 Å². The molecule has 1 aliphatic heterocycles. The van der Waals surface area contributed by atoms with E-state index in [1.165, 1.54) is 0 Å². The molecule has 0 bridgehead atoms. The van der Waals surface area contributed by atoms with Crippen LogP contribution in [0.5, 0.6) is 5.75 Å². The van der Waals surface area contributed by atoms with E-state index in [2.05, 4.69) is 13.8 Å². The number of nitrogens with two attached hydrogens (primary N) is 1. The zero-order chi connectivity index (χ0) is 15.6. The van der Waals surface area contributed by atoms with Crippen LogP contribution >= 0.6 is 0 Å². The van der Waals surface area contributed by atoms with Gasteiger partial charge in [0.2, 0.25) is 5.91 Å². The summed E-state index contributed by atoms with van der Waals surface area (Å²) >= 11 is 0. The molecule has 0 fully saturated rings. The minimum absolute atomic E-state index is 0.0155. The number of aliphatic hydroxyl groups excluding tert-OH is 1. The Hall–Kier alpha value is -1.59. The van der Waals surface area contributed by atoms with Crippen molar-refractivity contribution in [3.63, 3.8) is 0 Å². The SMILES string of the molecule is CCC(=O)N1CC(C(C)C)Oc2ccc(C(O)CN)cc21. The van der Waals surface area contributed by atoms with Crippen molar-refractivity contribution in [3.8, 4) is 5.75 Å². The molecule has 1 heterocycles. The van der Waals surface area contributed by atoms with E-state index in [-0.39, 0.29) is 18.6 Å². The van der Waals surface area contributed by atoms with Crippen LogP contribution in [0.3, 0.4) is 0 Å². The molecular weight excluding hydrogens is 268 g/mol. The number of fused-ring (bicyclic) bond motifs is 1. The van der Waals surface area contributed by atoms with Crippen LogP contribution in [0.25, 0.3) is 0 Å². The highest BCUT2D eigenvalue weighted by Crippen LogP contribution is 2.37. The first kappa shape index (κ1) is 15.8. The minimum atomic E-state index is -0.725. The van der Waals surface area contributed by atoms with Gasteiger partial charge in [-0.2, -0.15) is 0 Å². The Morgan fingerprint density at radius 2 is 2.24 bits per heavy atom. The smallest absolute Gasteiger partial charge is 0.226 e. The topological polar surface area (TPSA) is 75.8 Å². The van der Waals surface area contributed by atoms with Gasteiger partial charge in [0.25, 0.3) is 0 Å². The third-order valence-corrected chi connectivity index (χ3v) is 3.87. The lowest BCUT2D eigenvalue weighted by atomic mass is 10.0. The van der Waals surface area contributed by atoms with E-state index in [1.54, 1.807) is 17.0 Å². The second-order valence-corrected chi connectivity index (χ2v) is 5.74. The molecule has 2 atom stereocenters. The van der Waals surface area contributed by atoms with Crippen molar-refractivity contribution in [3.05, 3.63) is 23.8 Å². The number of carbonyl (C=O) groups excluding carboxylic acids is 1. The lowest BCUT2D eigenvalue weighted by Crippen LogP contribution is -2.45. The van der Waals surface area contributed by atoms with Crippen molar-refractivity contribution in [2.45, 2.75) is 39.4 Å². The number of benzene rings is 1. The zero-order valence-corrected chi connectivity index (χ0v) is 12.9. The van der Waals surface area contributed by atoms with Gasteiger partial charge in [-0.25, -0.2) is 0 Å². The number of aliphatic hydroxyl groups is 1. The lowest BCUT2D eigenvalue weighted by Gasteiger charge is -2.37. The Morgan fingerprint density at radius 1 is 1.52 bits per heavy atom. The van der Waals surface area contributed by atoms with Gasteiger partial charge in [0.1, 0.15) is 11.9 Å². The molecule has 5 heteroatoms. The Bertz CT molecular complexity index is 516. The first-order valence-electron chi connectivity index (χ1n) is 7.47. The summed E-state index contributed by atoms with van der Waals surface area (Å²) in [4.78, 5) is 14.0. The maximum absolute atomic E-state index is 12.2. The van der Waals surface area contributed by atoms with Crippen LogP contribution in [0, 0.1) is 5.92 Å². The summed E-state index contributed by atoms with van der Waals surface area (Å²) in [5, 5.41) is 9.88. The first-order valence-corrected chi connectivity index (χ1v) is 7.47. The number of anilines is 1. The molecule has 1 aliphatic rings. The van der Waals surface area contributed by atoms with Gasteiger partial charge < -0.3 is 20.5 Å². The number of ether oxygens (including phenoxy) is 1. The third kappa shape index (κ3) is 3.19. The normalized spacial score (nSPS) is 19.1. The molecule has 3 N–H and O–H groups in total. The summed E-state index contributed by atoms with van der Waals surface area (Å²) in [7, 11) is 0. The third-order valence-electron chi connectivity index (χ3n) is 3.87. The molecule has 0 saturated heterocycles. The molecule has 0 spiro atoms. The van der Waals surface area contributed by atoms with Gasteiger partial charge >= 0.3 is 0 Å². The molecule has 116 valence electrons. The summed E-state index contributed by atoms with van der Waals surface area (Å²) < 4.78 is 5.98. The summed E-state index contributed by atoms with van der Waals surface area (Å²) in [6.45, 7) is 6.70. The first-order chi connectivity index (χ1) is 9.97. The molecule has 5 nitrogen and oxygen atoms in total. The van der Waals surface area contributed by atoms with E-state index in [1.807, 2.05) is 13.0 Å². The summed E-state index contributed by atoms with van der Waals surface area (Å²) in [6, 6.07) is 5.42. The fourth-order valence-electron chi connectivity index (χ4n) is 2.44. The van der Waals surface area contributed by atoms with Crippen molar-refractivity contribution in [2.24, 2.45) is 11.7 Å². The molecule has 1 aromatic rings. The summed E-state index contributed by atoms with van der Waals surface area (Å²) in [5.74, 6) is 1.07. The van der Waals surface area contributed by atoms with Gasteiger partial charge in [-0.05, 0) is 23.6 Å². The standard InChI is InChI=1S/C16H24N2O3/c1-4-16(20)18-9-15(10(2)3)21-14-6-5-11(7-12(14)18)13(19)8-17/h5-7,10,13,15,19H,4,8-9,17H2,1-3H3. The van der Waals surface area contributed by atoms with Gasteiger partial charge in [0, 0.05) is 13.0 Å². The number of amides is 1. The highest BCUT2D eigenvalue weighted by Gasteiger charge is 2.31. The molecule has 0 saturated carbocycles. The molecule has 0 aromatic heterocycles. The van der Waals surface area contributed by atoms with Crippen molar-refractivity contribution in [1.82, 2.24) is 0 Å². The maximum Gasteiger partial charge on any atom is 0.226 e. The fraction of sp³-hybridized carbons (Fsp3) is 0.562. The molecule has 2 rings (SSSR count). The van der Waals surface area contributed by atoms with Crippen LogP contribution in [0.15, 0.2) is 18.2 Å². The van der Waals surface area contributed by atoms with Gasteiger partial charge in [0.05, 0.1) is 18.3 Å².